The van der Waals surface area contributed by atoms with Gasteiger partial charge in [-0.1, -0.05) is 12.1 Å². The molecule has 0 radical (unpaired) electrons. The number of carbonyl (C=O) groups is 1. The molecule has 3 N–H and O–H groups in total. The number of amides is 1. The van der Waals surface area contributed by atoms with Gasteiger partial charge in [0.05, 0.1) is 4.90 Å². The van der Waals surface area contributed by atoms with Gasteiger partial charge in [-0.3, -0.25) is 4.79 Å². The van der Waals surface area contributed by atoms with E-state index < -0.39 is 9.84 Å². The van der Waals surface area contributed by atoms with Crippen LogP contribution in [0.15, 0.2) is 47.5 Å². The molecule has 1 aromatic heterocycles. The number of pyridine rings is 1. The highest BCUT2D eigenvalue weighted by atomic mass is 35.5. The van der Waals surface area contributed by atoms with E-state index in [0.29, 0.717) is 17.2 Å². The van der Waals surface area contributed by atoms with Crippen molar-refractivity contribution in [3.05, 3.63) is 48.2 Å². The van der Waals surface area contributed by atoms with Gasteiger partial charge in [-0.2, -0.15) is 0 Å². The largest absolute Gasteiger partial charge is 0.439 e. The lowest BCUT2D eigenvalue weighted by Crippen LogP contribution is -2.25. The van der Waals surface area contributed by atoms with Gasteiger partial charge in [0.2, 0.25) is 11.8 Å². The maximum absolute atomic E-state index is 11.6. The molecular weight excluding hydrogens is 401 g/mol. The molecule has 10 heteroatoms. The normalized spacial score (nSPS) is 10.2. The molecular formula is C16H21Cl2N3O4S. The fourth-order valence-electron chi connectivity index (χ4n) is 1.94. The fourth-order valence-corrected chi connectivity index (χ4v) is 2.60. The molecule has 0 aliphatic rings. The molecule has 0 aliphatic heterocycles. The number of sulfone groups is 1. The number of rotatable bonds is 7. The van der Waals surface area contributed by atoms with E-state index >= 15 is 0 Å². The molecule has 2 aromatic rings. The predicted molar refractivity (Wildman–Crippen MR) is 104 cm³/mol. The van der Waals surface area contributed by atoms with Crippen molar-refractivity contribution in [3.8, 4) is 11.6 Å². The van der Waals surface area contributed by atoms with E-state index in [4.69, 9.17) is 10.5 Å². The molecule has 1 amide bonds. The zero-order chi connectivity index (χ0) is 17.6. The number of halogens is 2. The summed E-state index contributed by atoms with van der Waals surface area (Å²) in [4.78, 5) is 15.8. The van der Waals surface area contributed by atoms with Gasteiger partial charge >= 0.3 is 0 Å². The maximum Gasteiger partial charge on any atom is 0.224 e. The maximum atomic E-state index is 11.6. The summed E-state index contributed by atoms with van der Waals surface area (Å²) in [5, 5.41) is 2.73. The molecule has 1 aromatic carbocycles. The molecule has 0 unspecified atom stereocenters. The Kier molecular flexibility index (Phi) is 10.2. The summed E-state index contributed by atoms with van der Waals surface area (Å²) >= 11 is 0. The third-order valence-electron chi connectivity index (χ3n) is 3.15. The van der Waals surface area contributed by atoms with Crippen molar-refractivity contribution < 1.29 is 17.9 Å². The number of hydrogen-bond acceptors (Lipinski definition) is 6. The Morgan fingerprint density at radius 3 is 2.62 bits per heavy atom. The lowest BCUT2D eigenvalue weighted by molar-refractivity contribution is -0.121. The summed E-state index contributed by atoms with van der Waals surface area (Å²) in [5.74, 6) is 0.494. The highest BCUT2D eigenvalue weighted by Crippen LogP contribution is 2.25. The molecule has 0 fully saturated rings. The van der Waals surface area contributed by atoms with Crippen molar-refractivity contribution in [2.45, 2.75) is 17.9 Å². The number of carbonyl (C=O) groups excluding carboxylic acids is 1. The summed E-state index contributed by atoms with van der Waals surface area (Å²) in [7, 11) is -3.32. The van der Waals surface area contributed by atoms with E-state index in [9.17, 15) is 13.2 Å². The molecule has 0 saturated carbocycles. The predicted octanol–water partition coefficient (Wildman–Crippen LogP) is 2.09. The van der Waals surface area contributed by atoms with E-state index in [2.05, 4.69) is 10.3 Å². The van der Waals surface area contributed by atoms with E-state index in [1.165, 1.54) is 12.1 Å². The Bertz CT molecular complexity index is 832. The fraction of sp³-hybridized carbons (Fsp3) is 0.250. The topological polar surface area (TPSA) is 111 Å². The summed E-state index contributed by atoms with van der Waals surface area (Å²) in [6, 6.07) is 9.66. The lowest BCUT2D eigenvalue weighted by atomic mass is 10.2. The average molecular weight is 422 g/mol. The van der Waals surface area contributed by atoms with Gasteiger partial charge < -0.3 is 15.8 Å². The highest BCUT2D eigenvalue weighted by molar-refractivity contribution is 7.90. The van der Waals surface area contributed by atoms with Crippen molar-refractivity contribution in [2.75, 3.05) is 12.8 Å². The number of benzene rings is 1. The Labute approximate surface area is 165 Å². The number of nitrogens with two attached hydrogens (primary N) is 1. The molecule has 0 bridgehead atoms. The van der Waals surface area contributed by atoms with E-state index in [-0.39, 0.29) is 55.1 Å². The van der Waals surface area contributed by atoms with Crippen LogP contribution in [0.2, 0.25) is 0 Å². The molecule has 0 saturated heterocycles. The van der Waals surface area contributed by atoms with Gasteiger partial charge in [0.15, 0.2) is 9.84 Å². The first-order valence-corrected chi connectivity index (χ1v) is 9.18. The molecule has 0 atom stereocenters. The van der Waals surface area contributed by atoms with Gasteiger partial charge in [-0.25, -0.2) is 13.4 Å². The third kappa shape index (κ3) is 7.17. The second kappa shape index (κ2) is 11.0. The van der Waals surface area contributed by atoms with Crippen LogP contribution in [-0.4, -0.2) is 32.1 Å². The van der Waals surface area contributed by atoms with Crippen molar-refractivity contribution in [3.63, 3.8) is 0 Å². The zero-order valence-electron chi connectivity index (χ0n) is 14.0. The molecule has 1 heterocycles. The molecule has 26 heavy (non-hydrogen) atoms. The van der Waals surface area contributed by atoms with Crippen molar-refractivity contribution in [1.82, 2.24) is 10.3 Å². The average Bonchev–Trinajstić information content (AvgIpc) is 2.54. The van der Waals surface area contributed by atoms with Crippen LogP contribution in [0.25, 0.3) is 0 Å². The molecule has 0 spiro atoms. The summed E-state index contributed by atoms with van der Waals surface area (Å²) in [6.45, 7) is 0.522. The van der Waals surface area contributed by atoms with Gasteiger partial charge in [-0.15, -0.1) is 24.8 Å². The first-order valence-electron chi connectivity index (χ1n) is 7.29. The minimum absolute atomic E-state index is 0. The van der Waals surface area contributed by atoms with Crippen LogP contribution >= 0.6 is 24.8 Å². The van der Waals surface area contributed by atoms with Crippen molar-refractivity contribution in [2.24, 2.45) is 5.73 Å². The first-order chi connectivity index (χ1) is 11.4. The number of hydrogen-bond donors (Lipinski definition) is 2. The molecule has 0 aliphatic carbocycles. The third-order valence-corrected chi connectivity index (χ3v) is 4.26. The van der Waals surface area contributed by atoms with Crippen molar-refractivity contribution in [1.29, 1.82) is 0 Å². The van der Waals surface area contributed by atoms with Crippen LogP contribution < -0.4 is 15.8 Å². The second-order valence-corrected chi connectivity index (χ2v) is 7.15. The van der Waals surface area contributed by atoms with Gasteiger partial charge in [-0.05, 0) is 24.3 Å². The van der Waals surface area contributed by atoms with E-state index in [0.717, 1.165) is 6.26 Å². The number of aromatic nitrogens is 1. The summed E-state index contributed by atoms with van der Waals surface area (Å²) in [6.07, 6.45) is 2.93. The van der Waals surface area contributed by atoms with E-state index in [1.54, 1.807) is 30.5 Å². The van der Waals surface area contributed by atoms with E-state index in [1.807, 2.05) is 0 Å². The second-order valence-electron chi connectivity index (χ2n) is 5.13. The summed E-state index contributed by atoms with van der Waals surface area (Å²) < 4.78 is 28.9. The first kappa shape index (κ1) is 24.1. The Morgan fingerprint density at radius 2 is 1.96 bits per heavy atom. The SMILES string of the molecule is CS(=O)(=O)c1cccc(Oc2ncccc2CNC(=O)CCN)c1.Cl.Cl. The quantitative estimate of drug-likeness (QED) is 0.707. The molecule has 7 nitrogen and oxygen atoms in total. The Balaban J connectivity index is 0.00000312. The minimum atomic E-state index is -3.32. The molecule has 2 rings (SSSR count). The van der Waals surface area contributed by atoms with Crippen LogP contribution in [-0.2, 0) is 21.2 Å². The van der Waals surface area contributed by atoms with Gasteiger partial charge in [0, 0.05) is 37.5 Å². The van der Waals surface area contributed by atoms with Gasteiger partial charge in [0.1, 0.15) is 5.75 Å². The van der Waals surface area contributed by atoms with Crippen LogP contribution in [0.5, 0.6) is 11.6 Å². The lowest BCUT2D eigenvalue weighted by Gasteiger charge is -2.11. The van der Waals surface area contributed by atoms with Gasteiger partial charge in [0.25, 0.3) is 0 Å². The van der Waals surface area contributed by atoms with Crippen LogP contribution in [0.4, 0.5) is 0 Å². The molecule has 144 valence electrons. The monoisotopic (exact) mass is 421 g/mol. The number of nitrogens with zero attached hydrogens (tertiary/aromatic N) is 1. The van der Waals surface area contributed by atoms with Crippen molar-refractivity contribution >= 4 is 40.6 Å². The Hall–Kier alpha value is -1.87. The smallest absolute Gasteiger partial charge is 0.224 e. The van der Waals surface area contributed by atoms with Crippen LogP contribution in [0, 0.1) is 0 Å². The standard InChI is InChI=1S/C16H19N3O4S.2ClH/c1-24(21,22)14-6-2-5-13(10-14)23-16-12(4-3-9-18-16)11-19-15(20)7-8-17;;/h2-6,9-10H,7-8,11,17H2,1H3,(H,19,20);2*1H. The highest BCUT2D eigenvalue weighted by Gasteiger charge is 2.11. The Morgan fingerprint density at radius 1 is 1.23 bits per heavy atom. The zero-order valence-corrected chi connectivity index (χ0v) is 16.5. The van der Waals surface area contributed by atoms with Crippen LogP contribution in [0.1, 0.15) is 12.0 Å². The number of ether oxygens (including phenoxy) is 1. The minimum Gasteiger partial charge on any atom is -0.439 e. The summed E-state index contributed by atoms with van der Waals surface area (Å²) in [5.41, 5.74) is 6.01. The number of nitrogens with one attached hydrogen (secondary N) is 1. The van der Waals surface area contributed by atoms with Crippen LogP contribution in [0.3, 0.4) is 0 Å².